The highest BCUT2D eigenvalue weighted by Gasteiger charge is 2.32. The normalized spacial score (nSPS) is 11.4. The minimum absolute atomic E-state index is 0.0861. The Morgan fingerprint density at radius 1 is 1.13 bits per heavy atom. The Hall–Kier alpha value is -2.91. The second-order valence-corrected chi connectivity index (χ2v) is 9.12. The third kappa shape index (κ3) is 4.47. The first kappa shape index (κ1) is 21.8. The molecular weight excluding hydrogens is 426 g/mol. The molecule has 0 fully saturated rings. The number of sulfonamides is 1. The number of amides is 1. The van der Waals surface area contributed by atoms with Crippen molar-refractivity contribution in [2.24, 2.45) is 7.05 Å². The molecule has 0 aliphatic rings. The molecule has 2 aromatic heterocycles. The first-order valence-corrected chi connectivity index (χ1v) is 10.9. The van der Waals surface area contributed by atoms with Crippen molar-refractivity contribution in [3.63, 3.8) is 0 Å². The Labute approximate surface area is 180 Å². The lowest BCUT2D eigenvalue weighted by Crippen LogP contribution is -2.38. The van der Waals surface area contributed by atoms with Crippen LogP contribution >= 0.6 is 11.6 Å². The van der Waals surface area contributed by atoms with Gasteiger partial charge in [-0.3, -0.25) is 13.8 Å². The van der Waals surface area contributed by atoms with Gasteiger partial charge in [-0.2, -0.15) is 5.10 Å². The first-order chi connectivity index (χ1) is 14.1. The van der Waals surface area contributed by atoms with E-state index >= 15 is 0 Å². The van der Waals surface area contributed by atoms with Gasteiger partial charge in [-0.15, -0.1) is 0 Å². The van der Waals surface area contributed by atoms with E-state index in [4.69, 9.17) is 11.6 Å². The number of anilines is 2. The Morgan fingerprint density at radius 2 is 1.80 bits per heavy atom. The number of hydrogen-bond acceptors (Lipinski definition) is 5. The van der Waals surface area contributed by atoms with E-state index in [-0.39, 0.29) is 10.7 Å². The van der Waals surface area contributed by atoms with Crippen LogP contribution in [0.5, 0.6) is 0 Å². The van der Waals surface area contributed by atoms with E-state index in [9.17, 15) is 13.2 Å². The standard InChI is InChI=1S/C20H22ClN5O3S/c1-13-5-8-17(9-6-13)26(12-19(27)23-18-10-7-16(21)11-22-18)30(28,29)20-14(2)24-25(4)15(20)3/h5-11H,12H2,1-4H3,(H,22,23,27). The lowest BCUT2D eigenvalue weighted by molar-refractivity contribution is -0.114. The number of halogens is 1. The monoisotopic (exact) mass is 447 g/mol. The zero-order valence-electron chi connectivity index (χ0n) is 17.0. The molecule has 0 saturated carbocycles. The quantitative estimate of drug-likeness (QED) is 0.625. The van der Waals surface area contributed by atoms with E-state index < -0.39 is 22.5 Å². The van der Waals surface area contributed by atoms with Crippen LogP contribution in [0.4, 0.5) is 11.5 Å². The molecule has 30 heavy (non-hydrogen) atoms. The van der Waals surface area contributed by atoms with Gasteiger partial charge in [-0.25, -0.2) is 13.4 Å². The number of carbonyl (C=O) groups is 1. The van der Waals surface area contributed by atoms with Gasteiger partial charge >= 0.3 is 0 Å². The van der Waals surface area contributed by atoms with Gasteiger partial charge in [-0.1, -0.05) is 29.3 Å². The maximum atomic E-state index is 13.6. The summed E-state index contributed by atoms with van der Waals surface area (Å²) >= 11 is 5.81. The third-order valence-electron chi connectivity index (χ3n) is 4.59. The highest BCUT2D eigenvalue weighted by Crippen LogP contribution is 2.28. The summed E-state index contributed by atoms with van der Waals surface area (Å²) in [6.07, 6.45) is 1.40. The molecule has 0 unspecified atom stereocenters. The average molecular weight is 448 g/mol. The van der Waals surface area contributed by atoms with Crippen molar-refractivity contribution >= 4 is 39.0 Å². The minimum Gasteiger partial charge on any atom is -0.309 e. The number of aryl methyl sites for hydroxylation is 3. The van der Waals surface area contributed by atoms with Crippen LogP contribution in [0.15, 0.2) is 47.5 Å². The summed E-state index contributed by atoms with van der Waals surface area (Å²) in [6.45, 7) is 4.78. The number of carbonyl (C=O) groups excluding carboxylic acids is 1. The molecule has 158 valence electrons. The van der Waals surface area contributed by atoms with Gasteiger partial charge in [0.25, 0.3) is 10.0 Å². The molecule has 0 radical (unpaired) electrons. The number of rotatable bonds is 6. The van der Waals surface area contributed by atoms with E-state index in [1.54, 1.807) is 57.3 Å². The summed E-state index contributed by atoms with van der Waals surface area (Å²) in [6, 6.07) is 10.0. The molecule has 2 heterocycles. The Bertz CT molecular complexity index is 1170. The second kappa shape index (κ2) is 8.45. The van der Waals surface area contributed by atoms with Crippen molar-refractivity contribution in [1.82, 2.24) is 14.8 Å². The highest BCUT2D eigenvalue weighted by molar-refractivity contribution is 7.93. The molecule has 0 bridgehead atoms. The molecule has 1 aromatic carbocycles. The van der Waals surface area contributed by atoms with E-state index in [0.29, 0.717) is 22.1 Å². The predicted molar refractivity (Wildman–Crippen MR) is 116 cm³/mol. The van der Waals surface area contributed by atoms with Gasteiger partial charge in [-0.05, 0) is 45.0 Å². The molecule has 10 heteroatoms. The molecule has 1 N–H and O–H groups in total. The molecule has 0 aliphatic heterocycles. The van der Waals surface area contributed by atoms with Crippen molar-refractivity contribution in [3.8, 4) is 0 Å². The first-order valence-electron chi connectivity index (χ1n) is 9.10. The van der Waals surface area contributed by atoms with E-state index in [0.717, 1.165) is 9.87 Å². The average Bonchev–Trinajstić information content (AvgIpc) is 2.94. The number of nitrogens with zero attached hydrogens (tertiary/aromatic N) is 4. The fourth-order valence-corrected chi connectivity index (χ4v) is 4.96. The molecule has 0 saturated heterocycles. The van der Waals surface area contributed by atoms with Gasteiger partial charge in [0, 0.05) is 13.2 Å². The number of pyridine rings is 1. The van der Waals surface area contributed by atoms with Gasteiger partial charge in [0.15, 0.2) is 0 Å². The van der Waals surface area contributed by atoms with Gasteiger partial charge < -0.3 is 5.32 Å². The number of aromatic nitrogens is 3. The van der Waals surface area contributed by atoms with Crippen LogP contribution in [0.2, 0.25) is 5.02 Å². The highest BCUT2D eigenvalue weighted by atomic mass is 35.5. The minimum atomic E-state index is -4.05. The summed E-state index contributed by atoms with van der Waals surface area (Å²) in [5, 5.41) is 7.24. The van der Waals surface area contributed by atoms with Crippen LogP contribution < -0.4 is 9.62 Å². The third-order valence-corrected chi connectivity index (χ3v) is 6.85. The fourth-order valence-electron chi connectivity index (χ4n) is 3.03. The van der Waals surface area contributed by atoms with Crippen LogP contribution in [0.25, 0.3) is 0 Å². The van der Waals surface area contributed by atoms with Crippen molar-refractivity contribution < 1.29 is 13.2 Å². The second-order valence-electron chi connectivity index (χ2n) is 6.88. The van der Waals surface area contributed by atoms with Gasteiger partial charge in [0.05, 0.1) is 22.1 Å². The molecule has 0 spiro atoms. The lowest BCUT2D eigenvalue weighted by atomic mass is 10.2. The fraction of sp³-hybridized carbons (Fsp3) is 0.250. The molecule has 0 aliphatic carbocycles. The molecule has 8 nitrogen and oxygen atoms in total. The summed E-state index contributed by atoms with van der Waals surface area (Å²) < 4.78 is 29.7. The van der Waals surface area contributed by atoms with Crippen LogP contribution in [-0.4, -0.2) is 35.6 Å². The maximum absolute atomic E-state index is 13.6. The molecule has 1 amide bonds. The summed E-state index contributed by atoms with van der Waals surface area (Å²) in [7, 11) is -2.38. The van der Waals surface area contributed by atoms with Crippen molar-refractivity contribution in [3.05, 3.63) is 64.6 Å². The van der Waals surface area contributed by atoms with Crippen LogP contribution in [0.3, 0.4) is 0 Å². The van der Waals surface area contributed by atoms with E-state index in [1.807, 2.05) is 6.92 Å². The zero-order valence-corrected chi connectivity index (χ0v) is 18.6. The van der Waals surface area contributed by atoms with Crippen molar-refractivity contribution in [2.45, 2.75) is 25.7 Å². The molecule has 3 rings (SSSR count). The molecular formula is C20H22ClN5O3S. The SMILES string of the molecule is Cc1ccc(N(CC(=O)Nc2ccc(Cl)cn2)S(=O)(=O)c2c(C)nn(C)c2C)cc1. The van der Waals surface area contributed by atoms with Crippen LogP contribution in [-0.2, 0) is 21.9 Å². The van der Waals surface area contributed by atoms with Crippen molar-refractivity contribution in [2.75, 3.05) is 16.2 Å². The molecule has 0 atom stereocenters. The molecule has 3 aromatic rings. The smallest absolute Gasteiger partial charge is 0.268 e. The summed E-state index contributed by atoms with van der Waals surface area (Å²) in [4.78, 5) is 16.8. The Morgan fingerprint density at radius 3 is 2.33 bits per heavy atom. The predicted octanol–water partition coefficient (Wildman–Crippen LogP) is 3.23. The number of hydrogen-bond donors (Lipinski definition) is 1. The zero-order chi connectivity index (χ0) is 22.1. The van der Waals surface area contributed by atoms with Crippen molar-refractivity contribution in [1.29, 1.82) is 0 Å². The maximum Gasteiger partial charge on any atom is 0.268 e. The number of benzene rings is 1. The topological polar surface area (TPSA) is 97.2 Å². The summed E-state index contributed by atoms with van der Waals surface area (Å²) in [5.41, 5.74) is 2.21. The number of nitrogens with one attached hydrogen (secondary N) is 1. The van der Waals surface area contributed by atoms with Crippen LogP contribution in [0.1, 0.15) is 17.0 Å². The van der Waals surface area contributed by atoms with Crippen LogP contribution in [0, 0.1) is 20.8 Å². The summed E-state index contributed by atoms with van der Waals surface area (Å²) in [5.74, 6) is -0.257. The van der Waals surface area contributed by atoms with Gasteiger partial charge in [0.2, 0.25) is 5.91 Å². The van der Waals surface area contributed by atoms with Gasteiger partial charge in [0.1, 0.15) is 17.3 Å². The largest absolute Gasteiger partial charge is 0.309 e. The lowest BCUT2D eigenvalue weighted by Gasteiger charge is -2.24. The van der Waals surface area contributed by atoms with E-state index in [2.05, 4.69) is 15.4 Å². The van der Waals surface area contributed by atoms with E-state index in [1.165, 1.54) is 10.9 Å². The Balaban J connectivity index is 1.99. The Kier molecular flexibility index (Phi) is 6.14.